The van der Waals surface area contributed by atoms with Crippen molar-refractivity contribution < 1.29 is 19.1 Å². The zero-order valence-electron chi connectivity index (χ0n) is 12.8. The third kappa shape index (κ3) is 3.10. The Kier molecular flexibility index (Phi) is 4.12. The van der Waals surface area contributed by atoms with Gasteiger partial charge in [-0.25, -0.2) is 9.40 Å². The van der Waals surface area contributed by atoms with E-state index in [4.69, 9.17) is 0 Å². The Hall–Kier alpha value is -2.28. The quantitative estimate of drug-likeness (QED) is 0.886. The molecule has 1 fully saturated rings. The molecule has 0 aliphatic carbocycles. The molecule has 1 aromatic rings. The molecule has 0 saturated carbocycles. The number of hydrogen-bond donors (Lipinski definition) is 1. The molecule has 2 aliphatic rings. The van der Waals surface area contributed by atoms with Crippen LogP contribution in [0, 0.1) is 5.82 Å². The number of hydrazone groups is 1. The number of likely N-dealkylation sites (tertiary alicyclic amines) is 1. The molecule has 2 heterocycles. The highest BCUT2D eigenvalue weighted by molar-refractivity contribution is 6.39. The highest BCUT2D eigenvalue weighted by atomic mass is 19.1. The number of hydrogen-bond acceptors (Lipinski definition) is 4. The molecule has 1 aromatic carbocycles. The fourth-order valence-electron chi connectivity index (χ4n) is 3.06. The van der Waals surface area contributed by atoms with Gasteiger partial charge in [-0.15, -0.1) is 0 Å². The smallest absolute Gasteiger partial charge is 0.270 e. The number of aliphatic hydroxyl groups excluding tert-OH is 1. The topological polar surface area (TPSA) is 73.2 Å². The summed E-state index contributed by atoms with van der Waals surface area (Å²) < 4.78 is 13.5. The molecule has 122 valence electrons. The van der Waals surface area contributed by atoms with E-state index in [1.165, 1.54) is 29.1 Å². The molecule has 1 saturated heterocycles. The van der Waals surface area contributed by atoms with Gasteiger partial charge < -0.3 is 10.0 Å². The third-order valence-corrected chi connectivity index (χ3v) is 4.23. The summed E-state index contributed by atoms with van der Waals surface area (Å²) in [7, 11) is 1.51. The number of rotatable bonds is 2. The Morgan fingerprint density at radius 2 is 2.17 bits per heavy atom. The minimum absolute atomic E-state index is 0.135. The number of carbonyl (C=O) groups excluding carboxylic acids is 2. The predicted molar refractivity (Wildman–Crippen MR) is 80.9 cm³/mol. The average Bonchev–Trinajstić information content (AvgIpc) is 2.91. The largest absolute Gasteiger partial charge is 0.391 e. The first kappa shape index (κ1) is 15.6. The molecule has 3 rings (SSSR count). The van der Waals surface area contributed by atoms with Crippen molar-refractivity contribution in [2.75, 3.05) is 13.6 Å². The normalized spacial score (nSPS) is 24.8. The van der Waals surface area contributed by atoms with Gasteiger partial charge in [0.25, 0.3) is 5.91 Å². The van der Waals surface area contributed by atoms with Gasteiger partial charge in [-0.3, -0.25) is 9.59 Å². The van der Waals surface area contributed by atoms with Crippen LogP contribution in [0.1, 0.15) is 30.9 Å². The summed E-state index contributed by atoms with van der Waals surface area (Å²) in [6.07, 6.45) is 0.222. The van der Waals surface area contributed by atoms with Gasteiger partial charge >= 0.3 is 0 Å². The van der Waals surface area contributed by atoms with E-state index in [0.29, 0.717) is 17.7 Å². The zero-order valence-corrected chi connectivity index (χ0v) is 12.8. The molecule has 1 N–H and O–H groups in total. The first-order valence-corrected chi connectivity index (χ1v) is 7.54. The van der Waals surface area contributed by atoms with Crippen molar-refractivity contribution in [2.45, 2.75) is 31.4 Å². The molecule has 0 aromatic heterocycles. The number of halogens is 1. The minimum Gasteiger partial charge on any atom is -0.391 e. The predicted octanol–water partition coefficient (Wildman–Crippen LogP) is 1.07. The van der Waals surface area contributed by atoms with Crippen LogP contribution in [-0.2, 0) is 9.59 Å². The average molecular weight is 319 g/mol. The van der Waals surface area contributed by atoms with Crippen LogP contribution in [0.5, 0.6) is 0 Å². The maximum Gasteiger partial charge on any atom is 0.270 e. The highest BCUT2D eigenvalue weighted by Gasteiger charge is 2.38. The van der Waals surface area contributed by atoms with E-state index < -0.39 is 6.10 Å². The SMILES string of the molecule is CN1N=C(C(=O)N2C[C@H](O)C[C@H]2c2cccc(F)c2)CCC1=O. The summed E-state index contributed by atoms with van der Waals surface area (Å²) in [4.78, 5) is 25.7. The van der Waals surface area contributed by atoms with Gasteiger partial charge in [-0.1, -0.05) is 12.1 Å². The van der Waals surface area contributed by atoms with Gasteiger partial charge in [0, 0.05) is 26.4 Å². The van der Waals surface area contributed by atoms with Crippen LogP contribution >= 0.6 is 0 Å². The number of β-amino-alcohol motifs (C(OH)–C–C–N with tert-alkyl or cyclic N) is 1. The monoisotopic (exact) mass is 319 g/mol. The van der Waals surface area contributed by atoms with E-state index in [2.05, 4.69) is 5.10 Å². The van der Waals surface area contributed by atoms with Gasteiger partial charge in [0.2, 0.25) is 5.91 Å². The summed E-state index contributed by atoms with van der Waals surface area (Å²) in [5, 5.41) is 15.1. The van der Waals surface area contributed by atoms with Gasteiger partial charge in [-0.2, -0.15) is 5.10 Å². The van der Waals surface area contributed by atoms with Crippen molar-refractivity contribution in [3.05, 3.63) is 35.6 Å². The molecule has 6 nitrogen and oxygen atoms in total. The van der Waals surface area contributed by atoms with Gasteiger partial charge in [0.05, 0.1) is 12.1 Å². The maximum atomic E-state index is 13.5. The minimum atomic E-state index is -0.657. The molecule has 2 amide bonds. The maximum absolute atomic E-state index is 13.5. The van der Waals surface area contributed by atoms with E-state index in [1.807, 2.05) is 0 Å². The Bertz CT molecular complexity index is 676. The summed E-state index contributed by atoms with van der Waals surface area (Å²) in [6, 6.07) is 5.65. The molecule has 23 heavy (non-hydrogen) atoms. The third-order valence-electron chi connectivity index (χ3n) is 4.23. The van der Waals surface area contributed by atoms with E-state index in [1.54, 1.807) is 12.1 Å². The number of benzene rings is 1. The molecule has 0 radical (unpaired) electrons. The summed E-state index contributed by atoms with van der Waals surface area (Å²) in [6.45, 7) is 0.177. The Balaban J connectivity index is 1.86. The molecule has 0 bridgehead atoms. The molecular weight excluding hydrogens is 301 g/mol. The lowest BCUT2D eigenvalue weighted by Gasteiger charge is -2.27. The Labute approximate surface area is 133 Å². The summed E-state index contributed by atoms with van der Waals surface area (Å²) in [5.74, 6) is -0.823. The van der Waals surface area contributed by atoms with Crippen LogP contribution in [0.3, 0.4) is 0 Å². The van der Waals surface area contributed by atoms with E-state index in [-0.39, 0.29) is 43.1 Å². The van der Waals surface area contributed by atoms with Crippen molar-refractivity contribution in [1.29, 1.82) is 0 Å². The standard InChI is InChI=1S/C16H18FN3O3/c1-19-15(22)6-5-13(18-19)16(23)20-9-12(21)8-14(20)10-3-2-4-11(17)7-10/h2-4,7,12,14,21H,5-6,8-9H2,1H3/t12-,14+/m1/s1. The van der Waals surface area contributed by atoms with Crippen molar-refractivity contribution in [3.8, 4) is 0 Å². The first-order valence-electron chi connectivity index (χ1n) is 7.54. The summed E-state index contributed by atoms with van der Waals surface area (Å²) >= 11 is 0. The van der Waals surface area contributed by atoms with Crippen LogP contribution in [0.4, 0.5) is 4.39 Å². The van der Waals surface area contributed by atoms with E-state index in [0.717, 1.165) is 0 Å². The molecule has 0 unspecified atom stereocenters. The fraction of sp³-hybridized carbons (Fsp3) is 0.438. The van der Waals surface area contributed by atoms with Crippen LogP contribution in [-0.4, -0.2) is 52.2 Å². The number of nitrogens with zero attached hydrogens (tertiary/aromatic N) is 3. The Morgan fingerprint density at radius 3 is 2.87 bits per heavy atom. The van der Waals surface area contributed by atoms with Crippen molar-refractivity contribution >= 4 is 17.5 Å². The van der Waals surface area contributed by atoms with Crippen LogP contribution in [0.25, 0.3) is 0 Å². The second-order valence-electron chi connectivity index (χ2n) is 5.88. The zero-order chi connectivity index (χ0) is 16.6. The molecule has 0 spiro atoms. The van der Waals surface area contributed by atoms with Crippen LogP contribution < -0.4 is 0 Å². The van der Waals surface area contributed by atoms with Crippen molar-refractivity contribution in [1.82, 2.24) is 9.91 Å². The summed E-state index contributed by atoms with van der Waals surface area (Å²) in [5.41, 5.74) is 0.943. The lowest BCUT2D eigenvalue weighted by molar-refractivity contribution is -0.130. The number of aliphatic hydroxyl groups is 1. The molecule has 7 heteroatoms. The molecular formula is C16H18FN3O3. The van der Waals surface area contributed by atoms with E-state index >= 15 is 0 Å². The van der Waals surface area contributed by atoms with Gasteiger partial charge in [0.1, 0.15) is 11.5 Å². The second kappa shape index (κ2) is 6.08. The second-order valence-corrected chi connectivity index (χ2v) is 5.88. The van der Waals surface area contributed by atoms with Crippen LogP contribution in [0.2, 0.25) is 0 Å². The lowest BCUT2D eigenvalue weighted by atomic mass is 10.0. The molecule has 2 atom stereocenters. The van der Waals surface area contributed by atoms with Crippen molar-refractivity contribution in [3.63, 3.8) is 0 Å². The first-order chi connectivity index (χ1) is 11.0. The van der Waals surface area contributed by atoms with Crippen molar-refractivity contribution in [2.24, 2.45) is 5.10 Å². The highest BCUT2D eigenvalue weighted by Crippen LogP contribution is 2.33. The number of amides is 2. The Morgan fingerprint density at radius 1 is 1.39 bits per heavy atom. The number of carbonyl (C=O) groups is 2. The molecule has 2 aliphatic heterocycles. The van der Waals surface area contributed by atoms with E-state index in [9.17, 15) is 19.1 Å². The van der Waals surface area contributed by atoms with Gasteiger partial charge in [0.15, 0.2) is 0 Å². The lowest BCUT2D eigenvalue weighted by Crippen LogP contribution is -2.40. The fourth-order valence-corrected chi connectivity index (χ4v) is 3.06. The van der Waals surface area contributed by atoms with Crippen LogP contribution in [0.15, 0.2) is 29.4 Å². The van der Waals surface area contributed by atoms with Gasteiger partial charge in [-0.05, 0) is 24.1 Å².